The van der Waals surface area contributed by atoms with E-state index in [4.69, 9.17) is 5.73 Å². The molecule has 2 N–H and O–H groups in total. The van der Waals surface area contributed by atoms with Crippen molar-refractivity contribution in [3.63, 3.8) is 0 Å². The third kappa shape index (κ3) is 2.96. The third-order valence-electron chi connectivity index (χ3n) is 4.44. The summed E-state index contributed by atoms with van der Waals surface area (Å²) in [4.78, 5) is 4.92. The Morgan fingerprint density at radius 1 is 1.19 bits per heavy atom. The predicted octanol–water partition coefficient (Wildman–Crippen LogP) is 1.14. The monoisotopic (exact) mass is 225 g/mol. The first-order valence-corrected chi connectivity index (χ1v) is 6.81. The molecule has 3 heteroatoms. The summed E-state index contributed by atoms with van der Waals surface area (Å²) in [5.74, 6) is 0.928. The van der Waals surface area contributed by atoms with Gasteiger partial charge in [-0.05, 0) is 45.9 Å². The Morgan fingerprint density at radius 3 is 2.56 bits per heavy atom. The van der Waals surface area contributed by atoms with Gasteiger partial charge in [0, 0.05) is 18.6 Å². The largest absolute Gasteiger partial charge is 0.326 e. The van der Waals surface area contributed by atoms with Crippen LogP contribution in [0, 0.1) is 5.92 Å². The van der Waals surface area contributed by atoms with Crippen molar-refractivity contribution in [2.45, 2.75) is 44.2 Å². The standard InChI is InChI=1S/C13H27N3/c1-15-7-4-8-16(2)13(10-15)12(14)9-11-5-3-6-11/h11-13H,3-10,14H2,1-2H3. The normalized spacial score (nSPS) is 32.1. The SMILES string of the molecule is CN1CCCN(C)C(C(N)CC2CCC2)C1. The summed E-state index contributed by atoms with van der Waals surface area (Å²) < 4.78 is 0. The van der Waals surface area contributed by atoms with E-state index in [1.807, 2.05) is 0 Å². The first-order valence-electron chi connectivity index (χ1n) is 6.81. The molecule has 0 spiro atoms. The van der Waals surface area contributed by atoms with Crippen LogP contribution in [0.15, 0.2) is 0 Å². The van der Waals surface area contributed by atoms with Gasteiger partial charge in [0.2, 0.25) is 0 Å². The van der Waals surface area contributed by atoms with Gasteiger partial charge in [-0.3, -0.25) is 0 Å². The van der Waals surface area contributed by atoms with Gasteiger partial charge in [0.25, 0.3) is 0 Å². The van der Waals surface area contributed by atoms with Crippen LogP contribution in [-0.2, 0) is 0 Å². The fourth-order valence-electron chi connectivity index (χ4n) is 3.04. The lowest BCUT2D eigenvalue weighted by molar-refractivity contribution is 0.164. The van der Waals surface area contributed by atoms with E-state index in [0.29, 0.717) is 12.1 Å². The van der Waals surface area contributed by atoms with Crippen LogP contribution in [0.2, 0.25) is 0 Å². The van der Waals surface area contributed by atoms with Crippen LogP contribution in [0.5, 0.6) is 0 Å². The number of hydrogen-bond acceptors (Lipinski definition) is 3. The van der Waals surface area contributed by atoms with Gasteiger partial charge in [0.05, 0.1) is 0 Å². The molecule has 1 heterocycles. The average Bonchev–Trinajstić information content (AvgIpc) is 2.34. The number of nitrogens with zero attached hydrogens (tertiary/aromatic N) is 2. The molecular weight excluding hydrogens is 198 g/mol. The lowest BCUT2D eigenvalue weighted by atomic mass is 9.79. The lowest BCUT2D eigenvalue weighted by Crippen LogP contribution is -2.51. The van der Waals surface area contributed by atoms with Crippen LogP contribution >= 0.6 is 0 Å². The van der Waals surface area contributed by atoms with E-state index in [1.54, 1.807) is 0 Å². The summed E-state index contributed by atoms with van der Waals surface area (Å²) in [5.41, 5.74) is 6.41. The molecule has 1 aliphatic carbocycles. The van der Waals surface area contributed by atoms with Crippen molar-refractivity contribution in [1.29, 1.82) is 0 Å². The minimum absolute atomic E-state index is 0.371. The van der Waals surface area contributed by atoms with Crippen molar-refractivity contribution in [3.05, 3.63) is 0 Å². The van der Waals surface area contributed by atoms with Crippen molar-refractivity contribution in [2.75, 3.05) is 33.7 Å². The van der Waals surface area contributed by atoms with E-state index in [-0.39, 0.29) is 0 Å². The van der Waals surface area contributed by atoms with Crippen LogP contribution in [-0.4, -0.2) is 55.6 Å². The van der Waals surface area contributed by atoms with E-state index < -0.39 is 0 Å². The van der Waals surface area contributed by atoms with Crippen molar-refractivity contribution < 1.29 is 0 Å². The topological polar surface area (TPSA) is 32.5 Å². The molecule has 0 amide bonds. The summed E-state index contributed by atoms with van der Waals surface area (Å²) in [6.45, 7) is 3.56. The Bertz CT molecular complexity index is 215. The number of hydrogen-bond donors (Lipinski definition) is 1. The van der Waals surface area contributed by atoms with Gasteiger partial charge in [-0.15, -0.1) is 0 Å². The van der Waals surface area contributed by atoms with E-state index >= 15 is 0 Å². The van der Waals surface area contributed by atoms with Gasteiger partial charge in [-0.25, -0.2) is 0 Å². The van der Waals surface area contributed by atoms with Gasteiger partial charge < -0.3 is 15.5 Å². The predicted molar refractivity (Wildman–Crippen MR) is 68.5 cm³/mol. The van der Waals surface area contributed by atoms with Crippen LogP contribution in [0.25, 0.3) is 0 Å². The molecule has 0 radical (unpaired) electrons. The first-order chi connectivity index (χ1) is 7.66. The summed E-state index contributed by atoms with van der Waals surface area (Å²) >= 11 is 0. The van der Waals surface area contributed by atoms with E-state index in [1.165, 1.54) is 45.2 Å². The van der Waals surface area contributed by atoms with Gasteiger partial charge in [-0.2, -0.15) is 0 Å². The quantitative estimate of drug-likeness (QED) is 0.782. The number of likely N-dealkylation sites (N-methyl/N-ethyl adjacent to an activating group) is 2. The minimum atomic E-state index is 0.371. The smallest absolute Gasteiger partial charge is 0.0371 e. The molecule has 2 fully saturated rings. The molecule has 0 aromatic carbocycles. The molecule has 2 rings (SSSR count). The molecule has 1 aliphatic heterocycles. The average molecular weight is 225 g/mol. The second-order valence-corrected chi connectivity index (χ2v) is 5.86. The first kappa shape index (κ1) is 12.3. The molecule has 2 aliphatic rings. The van der Waals surface area contributed by atoms with Gasteiger partial charge in [0.1, 0.15) is 0 Å². The van der Waals surface area contributed by atoms with Gasteiger partial charge >= 0.3 is 0 Å². The fraction of sp³-hybridized carbons (Fsp3) is 1.00. The Kier molecular flexibility index (Phi) is 4.22. The highest BCUT2D eigenvalue weighted by molar-refractivity contribution is 4.88. The third-order valence-corrected chi connectivity index (χ3v) is 4.44. The molecule has 16 heavy (non-hydrogen) atoms. The Labute approximate surface area is 100.0 Å². The van der Waals surface area contributed by atoms with Crippen LogP contribution < -0.4 is 5.73 Å². The zero-order chi connectivity index (χ0) is 11.5. The van der Waals surface area contributed by atoms with E-state index in [0.717, 1.165) is 12.5 Å². The van der Waals surface area contributed by atoms with Crippen molar-refractivity contribution >= 4 is 0 Å². The summed E-state index contributed by atoms with van der Waals surface area (Å²) in [6, 6.07) is 0.934. The molecule has 3 nitrogen and oxygen atoms in total. The van der Waals surface area contributed by atoms with Crippen molar-refractivity contribution in [3.8, 4) is 0 Å². The molecule has 94 valence electrons. The number of rotatable bonds is 3. The van der Waals surface area contributed by atoms with Gasteiger partial charge in [-0.1, -0.05) is 19.3 Å². The highest BCUT2D eigenvalue weighted by Gasteiger charge is 2.29. The van der Waals surface area contributed by atoms with Crippen LogP contribution in [0.4, 0.5) is 0 Å². The molecule has 0 aromatic heterocycles. The maximum Gasteiger partial charge on any atom is 0.0371 e. The zero-order valence-corrected chi connectivity index (χ0v) is 10.9. The molecule has 0 aromatic rings. The van der Waals surface area contributed by atoms with Crippen LogP contribution in [0.1, 0.15) is 32.1 Å². The van der Waals surface area contributed by atoms with Gasteiger partial charge in [0.15, 0.2) is 0 Å². The van der Waals surface area contributed by atoms with Crippen molar-refractivity contribution in [2.24, 2.45) is 11.7 Å². The zero-order valence-electron chi connectivity index (χ0n) is 10.9. The fourth-order valence-corrected chi connectivity index (χ4v) is 3.04. The Hall–Kier alpha value is -0.120. The second-order valence-electron chi connectivity index (χ2n) is 5.86. The molecule has 0 bridgehead atoms. The lowest BCUT2D eigenvalue weighted by Gasteiger charge is -2.36. The maximum atomic E-state index is 6.41. The van der Waals surface area contributed by atoms with Crippen molar-refractivity contribution in [1.82, 2.24) is 9.80 Å². The Morgan fingerprint density at radius 2 is 1.94 bits per heavy atom. The molecule has 1 saturated carbocycles. The molecule has 2 unspecified atom stereocenters. The van der Waals surface area contributed by atoms with E-state index in [9.17, 15) is 0 Å². The highest BCUT2D eigenvalue weighted by Crippen LogP contribution is 2.31. The second kappa shape index (κ2) is 5.48. The molecule has 2 atom stereocenters. The van der Waals surface area contributed by atoms with E-state index in [2.05, 4.69) is 23.9 Å². The summed E-state index contributed by atoms with van der Waals surface area (Å²) in [6.07, 6.45) is 6.78. The van der Waals surface area contributed by atoms with Crippen LogP contribution in [0.3, 0.4) is 0 Å². The molecule has 1 saturated heterocycles. The maximum absolute atomic E-state index is 6.41. The number of nitrogens with two attached hydrogens (primary N) is 1. The minimum Gasteiger partial charge on any atom is -0.326 e. The summed E-state index contributed by atoms with van der Waals surface area (Å²) in [7, 11) is 4.46. The summed E-state index contributed by atoms with van der Waals surface area (Å²) in [5, 5.41) is 0. The Balaban J connectivity index is 1.87. The highest BCUT2D eigenvalue weighted by atomic mass is 15.2. The molecular formula is C13H27N3.